The number of imide groups is 1. The van der Waals surface area contributed by atoms with Crippen LogP contribution in [0.1, 0.15) is 16.7 Å². The molecular formula is C27H21BrClFN2O5S. The molecule has 1 aliphatic heterocycles. The van der Waals surface area contributed by atoms with E-state index >= 15 is 0 Å². The number of nitrogens with zero attached hydrogens (tertiary/aromatic N) is 1. The molecule has 1 aliphatic rings. The fourth-order valence-electron chi connectivity index (χ4n) is 3.55. The summed E-state index contributed by atoms with van der Waals surface area (Å²) in [6.07, 6.45) is 1.53. The van der Waals surface area contributed by atoms with E-state index in [0.717, 1.165) is 22.2 Å². The molecule has 3 amide bonds. The molecule has 11 heteroatoms. The van der Waals surface area contributed by atoms with Crippen LogP contribution in [0, 0.1) is 12.7 Å². The van der Waals surface area contributed by atoms with Gasteiger partial charge in [-0.15, -0.1) is 0 Å². The van der Waals surface area contributed by atoms with Gasteiger partial charge in [-0.05, 0) is 93.8 Å². The van der Waals surface area contributed by atoms with E-state index in [4.69, 9.17) is 21.1 Å². The van der Waals surface area contributed by atoms with Gasteiger partial charge in [-0.3, -0.25) is 19.3 Å². The van der Waals surface area contributed by atoms with Crippen molar-refractivity contribution >= 4 is 68.1 Å². The van der Waals surface area contributed by atoms with Crippen molar-refractivity contribution < 1.29 is 28.2 Å². The first kappa shape index (κ1) is 27.7. The molecule has 1 heterocycles. The van der Waals surface area contributed by atoms with Crippen molar-refractivity contribution in [1.82, 2.24) is 4.90 Å². The molecule has 0 aliphatic carbocycles. The maximum Gasteiger partial charge on any atom is 0.294 e. The van der Waals surface area contributed by atoms with Crippen molar-refractivity contribution in [3.63, 3.8) is 0 Å². The first-order chi connectivity index (χ1) is 18.1. The lowest BCUT2D eigenvalue weighted by atomic mass is 10.1. The topological polar surface area (TPSA) is 84.9 Å². The molecule has 3 aromatic carbocycles. The van der Waals surface area contributed by atoms with Crippen molar-refractivity contribution in [3.8, 4) is 11.5 Å². The standard InChI is InChI=1S/C27H21BrClFN2O5S/c1-15-6-7-19(12-21(15)29)31-24(33)13-32-26(34)23(38-27(32)35)11-17-9-20(28)25(22(10-17)36-2)37-14-16-4-3-5-18(30)8-16/h3-12H,13-14H2,1-2H3,(H,31,33)/b23-11+. The van der Waals surface area contributed by atoms with E-state index in [9.17, 15) is 18.8 Å². The predicted molar refractivity (Wildman–Crippen MR) is 149 cm³/mol. The van der Waals surface area contributed by atoms with Gasteiger partial charge >= 0.3 is 0 Å². The van der Waals surface area contributed by atoms with Crippen LogP contribution in [-0.2, 0) is 16.2 Å². The maximum atomic E-state index is 13.5. The molecule has 1 fully saturated rings. The van der Waals surface area contributed by atoms with Crippen molar-refractivity contribution in [1.29, 1.82) is 0 Å². The number of ether oxygens (including phenoxy) is 2. The van der Waals surface area contributed by atoms with Gasteiger partial charge in [0.25, 0.3) is 11.1 Å². The molecule has 0 radical (unpaired) electrons. The van der Waals surface area contributed by atoms with Crippen LogP contribution in [0.2, 0.25) is 5.02 Å². The van der Waals surface area contributed by atoms with Crippen LogP contribution >= 0.6 is 39.3 Å². The minimum absolute atomic E-state index is 0.113. The summed E-state index contributed by atoms with van der Waals surface area (Å²) in [5.41, 5.74) is 2.53. The van der Waals surface area contributed by atoms with Crippen LogP contribution in [0.15, 0.2) is 64.0 Å². The Labute approximate surface area is 236 Å². The molecule has 38 heavy (non-hydrogen) atoms. The Balaban J connectivity index is 1.46. The molecule has 0 bridgehead atoms. The van der Waals surface area contributed by atoms with Gasteiger partial charge in [-0.1, -0.05) is 29.8 Å². The second-order valence-electron chi connectivity index (χ2n) is 8.23. The van der Waals surface area contributed by atoms with Gasteiger partial charge in [0.05, 0.1) is 16.5 Å². The van der Waals surface area contributed by atoms with Crippen molar-refractivity contribution in [2.45, 2.75) is 13.5 Å². The Hall–Kier alpha value is -3.34. The van der Waals surface area contributed by atoms with Gasteiger partial charge in [-0.25, -0.2) is 4.39 Å². The summed E-state index contributed by atoms with van der Waals surface area (Å²) in [6, 6.07) is 14.4. The molecule has 1 N–H and O–H groups in total. The Bertz CT molecular complexity index is 1470. The fraction of sp³-hybridized carbons (Fsp3) is 0.148. The first-order valence-electron chi connectivity index (χ1n) is 11.2. The van der Waals surface area contributed by atoms with Crippen LogP contribution in [0.25, 0.3) is 6.08 Å². The number of thioether (sulfide) groups is 1. The molecule has 0 unspecified atom stereocenters. The van der Waals surface area contributed by atoms with Crippen molar-refractivity contribution in [2.24, 2.45) is 0 Å². The van der Waals surface area contributed by atoms with Gasteiger partial charge < -0.3 is 14.8 Å². The number of aryl methyl sites for hydroxylation is 1. The number of amides is 3. The van der Waals surface area contributed by atoms with Crippen molar-refractivity contribution in [3.05, 3.63) is 91.5 Å². The van der Waals surface area contributed by atoms with E-state index in [-0.39, 0.29) is 17.3 Å². The number of carbonyl (C=O) groups excluding carboxylic acids is 3. The third-order valence-electron chi connectivity index (χ3n) is 5.45. The molecule has 3 aromatic rings. The Morgan fingerprint density at radius 2 is 1.97 bits per heavy atom. The number of benzene rings is 3. The number of hydrogen-bond donors (Lipinski definition) is 1. The van der Waals surface area contributed by atoms with E-state index in [2.05, 4.69) is 21.2 Å². The first-order valence-corrected chi connectivity index (χ1v) is 13.2. The zero-order valence-corrected chi connectivity index (χ0v) is 23.4. The number of methoxy groups -OCH3 is 1. The molecule has 0 saturated carbocycles. The lowest BCUT2D eigenvalue weighted by molar-refractivity contribution is -0.127. The van der Waals surface area contributed by atoms with Crippen LogP contribution in [-0.4, -0.2) is 35.6 Å². The summed E-state index contributed by atoms with van der Waals surface area (Å²) in [7, 11) is 1.47. The van der Waals surface area contributed by atoms with Crippen LogP contribution in [0.4, 0.5) is 14.9 Å². The van der Waals surface area contributed by atoms with Gasteiger partial charge in [-0.2, -0.15) is 0 Å². The van der Waals surface area contributed by atoms with E-state index in [1.807, 2.05) is 6.92 Å². The van der Waals surface area contributed by atoms with Crippen LogP contribution < -0.4 is 14.8 Å². The van der Waals surface area contributed by atoms with E-state index < -0.39 is 23.6 Å². The Morgan fingerprint density at radius 1 is 1.18 bits per heavy atom. The second-order valence-corrected chi connectivity index (χ2v) is 10.5. The van der Waals surface area contributed by atoms with Gasteiger partial charge in [0.1, 0.15) is 19.0 Å². The third-order valence-corrected chi connectivity index (χ3v) is 7.36. The number of nitrogens with one attached hydrogen (secondary N) is 1. The fourth-order valence-corrected chi connectivity index (χ4v) is 5.14. The molecule has 0 spiro atoms. The average molecular weight is 620 g/mol. The highest BCUT2D eigenvalue weighted by atomic mass is 79.9. The number of anilines is 1. The normalized spacial score (nSPS) is 14.2. The zero-order valence-electron chi connectivity index (χ0n) is 20.2. The quantitative estimate of drug-likeness (QED) is 0.279. The lowest BCUT2D eigenvalue weighted by Gasteiger charge is -2.14. The molecule has 196 valence electrons. The van der Waals surface area contributed by atoms with Crippen molar-refractivity contribution in [2.75, 3.05) is 19.0 Å². The number of rotatable bonds is 8. The highest BCUT2D eigenvalue weighted by Crippen LogP contribution is 2.39. The zero-order chi connectivity index (χ0) is 27.4. The molecular weight excluding hydrogens is 599 g/mol. The van der Waals surface area contributed by atoms with Gasteiger partial charge in [0, 0.05) is 10.7 Å². The van der Waals surface area contributed by atoms with Gasteiger partial charge in [0.2, 0.25) is 5.91 Å². The summed E-state index contributed by atoms with van der Waals surface area (Å²) < 4.78 is 25.3. The van der Waals surface area contributed by atoms with Gasteiger partial charge in [0.15, 0.2) is 11.5 Å². The Morgan fingerprint density at radius 3 is 2.68 bits per heavy atom. The smallest absolute Gasteiger partial charge is 0.294 e. The highest BCUT2D eigenvalue weighted by molar-refractivity contribution is 9.10. The van der Waals surface area contributed by atoms with E-state index in [0.29, 0.717) is 37.8 Å². The highest BCUT2D eigenvalue weighted by Gasteiger charge is 2.36. The maximum absolute atomic E-state index is 13.5. The molecule has 7 nitrogen and oxygen atoms in total. The molecule has 0 aromatic heterocycles. The summed E-state index contributed by atoms with van der Waals surface area (Å²) >= 11 is 10.3. The number of halogens is 3. The van der Waals surface area contributed by atoms with E-state index in [1.54, 1.807) is 42.5 Å². The number of carbonyl (C=O) groups is 3. The summed E-state index contributed by atoms with van der Waals surface area (Å²) in [5, 5.41) is 2.58. The van der Waals surface area contributed by atoms with Crippen LogP contribution in [0.3, 0.4) is 0 Å². The number of hydrogen-bond acceptors (Lipinski definition) is 6. The average Bonchev–Trinajstić information content (AvgIpc) is 3.12. The largest absolute Gasteiger partial charge is 0.493 e. The monoisotopic (exact) mass is 618 g/mol. The lowest BCUT2D eigenvalue weighted by Crippen LogP contribution is -2.36. The minimum atomic E-state index is -0.585. The second kappa shape index (κ2) is 12.0. The minimum Gasteiger partial charge on any atom is -0.493 e. The Kier molecular flexibility index (Phi) is 8.76. The van der Waals surface area contributed by atoms with Crippen LogP contribution in [0.5, 0.6) is 11.5 Å². The third kappa shape index (κ3) is 6.56. The summed E-state index contributed by atoms with van der Waals surface area (Å²) in [5.74, 6) is -0.706. The van der Waals surface area contributed by atoms with E-state index in [1.165, 1.54) is 25.3 Å². The summed E-state index contributed by atoms with van der Waals surface area (Å²) in [6.45, 7) is 1.51. The predicted octanol–water partition coefficient (Wildman–Crippen LogP) is 6.81. The summed E-state index contributed by atoms with van der Waals surface area (Å²) in [4.78, 5) is 38.9. The molecule has 0 atom stereocenters. The SMILES string of the molecule is COc1cc(/C=C2/SC(=O)N(CC(=O)Nc3ccc(C)c(Cl)c3)C2=O)cc(Br)c1OCc1cccc(F)c1. The molecule has 4 rings (SSSR count). The molecule has 1 saturated heterocycles.